The highest BCUT2D eigenvalue weighted by Gasteiger charge is 2.08. The molecule has 0 aliphatic heterocycles. The van der Waals surface area contributed by atoms with Crippen LogP contribution in [0.4, 0.5) is 0 Å². The lowest BCUT2D eigenvalue weighted by Gasteiger charge is -2.07. The highest BCUT2D eigenvalue weighted by molar-refractivity contribution is 5.18. The number of rotatable bonds is 7. The van der Waals surface area contributed by atoms with Crippen LogP contribution in [0, 0.1) is 5.92 Å². The van der Waals surface area contributed by atoms with Crippen LogP contribution in [0.1, 0.15) is 25.2 Å². The number of hydrogen-bond acceptors (Lipinski definition) is 4. The van der Waals surface area contributed by atoms with E-state index < -0.39 is 0 Å². The van der Waals surface area contributed by atoms with E-state index in [9.17, 15) is 0 Å². The molecule has 19 heavy (non-hydrogen) atoms. The van der Waals surface area contributed by atoms with Crippen molar-refractivity contribution in [3.8, 4) is 5.75 Å². The fourth-order valence-electron chi connectivity index (χ4n) is 1.77. The molecule has 2 heterocycles. The average Bonchev–Trinajstić information content (AvgIpc) is 2.95. The van der Waals surface area contributed by atoms with E-state index in [0.717, 1.165) is 30.2 Å². The fraction of sp³-hybridized carbons (Fsp3) is 0.500. The number of ether oxygens (including phenoxy) is 1. The van der Waals surface area contributed by atoms with Gasteiger partial charge in [-0.1, -0.05) is 13.8 Å². The zero-order chi connectivity index (χ0) is 13.7. The topological polar surface area (TPSA) is 52.2 Å². The van der Waals surface area contributed by atoms with Crippen molar-refractivity contribution in [2.75, 3.05) is 6.54 Å². The second-order valence-electron chi connectivity index (χ2n) is 5.03. The third kappa shape index (κ3) is 4.13. The van der Waals surface area contributed by atoms with Crippen molar-refractivity contribution in [3.05, 3.63) is 36.0 Å². The van der Waals surface area contributed by atoms with Gasteiger partial charge in [-0.2, -0.15) is 5.10 Å². The van der Waals surface area contributed by atoms with E-state index in [2.05, 4.69) is 24.3 Å². The summed E-state index contributed by atoms with van der Waals surface area (Å²) in [4.78, 5) is 0. The van der Waals surface area contributed by atoms with Gasteiger partial charge in [-0.05, 0) is 18.5 Å². The molecule has 2 rings (SSSR count). The Balaban J connectivity index is 1.85. The van der Waals surface area contributed by atoms with E-state index in [1.54, 1.807) is 17.1 Å². The second-order valence-corrected chi connectivity index (χ2v) is 5.03. The maximum atomic E-state index is 5.63. The van der Waals surface area contributed by atoms with Gasteiger partial charge in [-0.3, -0.25) is 4.68 Å². The Labute approximate surface area is 113 Å². The van der Waals surface area contributed by atoms with E-state index in [1.807, 2.05) is 19.3 Å². The molecule has 0 aromatic carbocycles. The Morgan fingerprint density at radius 3 is 3.00 bits per heavy atom. The average molecular weight is 263 g/mol. The summed E-state index contributed by atoms with van der Waals surface area (Å²) in [6.45, 7) is 6.61. The lowest BCUT2D eigenvalue weighted by molar-refractivity contribution is 0.268. The molecule has 0 radical (unpaired) electrons. The Hall–Kier alpha value is -1.75. The van der Waals surface area contributed by atoms with Crippen LogP contribution in [0.25, 0.3) is 0 Å². The Bertz CT molecular complexity index is 502. The molecule has 5 heteroatoms. The monoisotopic (exact) mass is 263 g/mol. The highest BCUT2D eigenvalue weighted by atomic mass is 16.5. The largest absolute Gasteiger partial charge is 0.482 e. The molecule has 0 bridgehead atoms. The Kier molecular flexibility index (Phi) is 4.63. The second kappa shape index (κ2) is 6.43. The Morgan fingerprint density at radius 2 is 2.32 bits per heavy atom. The van der Waals surface area contributed by atoms with Crippen molar-refractivity contribution in [2.45, 2.75) is 27.0 Å². The molecule has 0 aliphatic carbocycles. The third-order valence-electron chi connectivity index (χ3n) is 2.76. The van der Waals surface area contributed by atoms with Crippen molar-refractivity contribution < 1.29 is 9.15 Å². The quantitative estimate of drug-likeness (QED) is 0.833. The molecule has 0 spiro atoms. The molecule has 0 saturated heterocycles. The van der Waals surface area contributed by atoms with Gasteiger partial charge < -0.3 is 14.5 Å². The molecule has 0 amide bonds. The van der Waals surface area contributed by atoms with Gasteiger partial charge in [0.1, 0.15) is 12.4 Å². The van der Waals surface area contributed by atoms with Gasteiger partial charge in [-0.25, -0.2) is 0 Å². The summed E-state index contributed by atoms with van der Waals surface area (Å²) in [5.74, 6) is 2.25. The van der Waals surface area contributed by atoms with E-state index >= 15 is 0 Å². The number of hydrogen-bond donors (Lipinski definition) is 1. The molecular formula is C14H21N3O2. The van der Waals surface area contributed by atoms with E-state index in [0.29, 0.717) is 12.5 Å². The van der Waals surface area contributed by atoms with Crippen molar-refractivity contribution >= 4 is 0 Å². The van der Waals surface area contributed by atoms with Crippen LogP contribution in [0.3, 0.4) is 0 Å². The molecule has 0 saturated carbocycles. The smallest absolute Gasteiger partial charge is 0.157 e. The maximum Gasteiger partial charge on any atom is 0.157 e. The van der Waals surface area contributed by atoms with Crippen LogP contribution in [-0.4, -0.2) is 16.3 Å². The molecule has 2 aromatic heterocycles. The predicted octanol–water partition coefficient (Wildman–Crippen LogP) is 2.34. The summed E-state index contributed by atoms with van der Waals surface area (Å²) >= 11 is 0. The van der Waals surface area contributed by atoms with Gasteiger partial charge in [0, 0.05) is 19.2 Å². The van der Waals surface area contributed by atoms with Crippen LogP contribution >= 0.6 is 0 Å². The summed E-state index contributed by atoms with van der Waals surface area (Å²) in [6.07, 6.45) is 5.23. The first kappa shape index (κ1) is 13.7. The van der Waals surface area contributed by atoms with Crippen LogP contribution in [0.15, 0.2) is 29.1 Å². The molecule has 0 aliphatic rings. The first-order valence-electron chi connectivity index (χ1n) is 6.52. The molecule has 2 aromatic rings. The highest BCUT2D eigenvalue weighted by Crippen LogP contribution is 2.15. The lowest BCUT2D eigenvalue weighted by atomic mass is 10.2. The molecule has 0 atom stereocenters. The lowest BCUT2D eigenvalue weighted by Crippen LogP contribution is -2.19. The van der Waals surface area contributed by atoms with Crippen LogP contribution < -0.4 is 10.1 Å². The van der Waals surface area contributed by atoms with Gasteiger partial charge >= 0.3 is 0 Å². The Morgan fingerprint density at radius 1 is 1.47 bits per heavy atom. The third-order valence-corrected chi connectivity index (χ3v) is 2.76. The number of aryl methyl sites for hydroxylation is 1. The van der Waals surface area contributed by atoms with Crippen LogP contribution in [0.2, 0.25) is 0 Å². The minimum absolute atomic E-state index is 0.428. The summed E-state index contributed by atoms with van der Waals surface area (Å²) in [5, 5.41) is 7.45. The minimum atomic E-state index is 0.428. The molecule has 0 unspecified atom stereocenters. The first-order chi connectivity index (χ1) is 9.15. The van der Waals surface area contributed by atoms with Crippen molar-refractivity contribution in [3.63, 3.8) is 0 Å². The first-order valence-corrected chi connectivity index (χ1v) is 6.52. The van der Waals surface area contributed by atoms with Gasteiger partial charge in [0.25, 0.3) is 0 Å². The van der Waals surface area contributed by atoms with E-state index in [4.69, 9.17) is 9.15 Å². The SMILES string of the molecule is CC(C)CNCc1ccoc1COc1cnn(C)c1. The number of aromatic nitrogens is 2. The molecule has 104 valence electrons. The van der Waals surface area contributed by atoms with Gasteiger partial charge in [0.2, 0.25) is 0 Å². The fourth-order valence-corrected chi connectivity index (χ4v) is 1.77. The zero-order valence-electron chi connectivity index (χ0n) is 11.7. The molecule has 1 N–H and O–H groups in total. The van der Waals surface area contributed by atoms with Crippen LogP contribution in [0.5, 0.6) is 5.75 Å². The van der Waals surface area contributed by atoms with Crippen molar-refractivity contribution in [1.82, 2.24) is 15.1 Å². The maximum absolute atomic E-state index is 5.63. The number of nitrogens with one attached hydrogen (secondary N) is 1. The van der Waals surface area contributed by atoms with Crippen LogP contribution in [-0.2, 0) is 20.2 Å². The summed E-state index contributed by atoms with van der Waals surface area (Å²) in [6, 6.07) is 1.98. The molecular weight excluding hydrogens is 242 g/mol. The van der Waals surface area contributed by atoms with Crippen molar-refractivity contribution in [2.24, 2.45) is 13.0 Å². The molecule has 0 fully saturated rings. The number of furan rings is 1. The summed E-state index contributed by atoms with van der Waals surface area (Å²) < 4.78 is 12.8. The molecule has 5 nitrogen and oxygen atoms in total. The van der Waals surface area contributed by atoms with Crippen molar-refractivity contribution in [1.29, 1.82) is 0 Å². The minimum Gasteiger partial charge on any atom is -0.482 e. The van der Waals surface area contributed by atoms with Gasteiger partial charge in [-0.15, -0.1) is 0 Å². The number of nitrogens with zero attached hydrogens (tertiary/aromatic N) is 2. The summed E-state index contributed by atoms with van der Waals surface area (Å²) in [5.41, 5.74) is 1.14. The van der Waals surface area contributed by atoms with Gasteiger partial charge in [0.05, 0.1) is 18.7 Å². The normalized spacial score (nSPS) is 11.2. The standard InChI is InChI=1S/C14H21N3O2/c1-11(2)6-15-7-12-4-5-18-14(12)10-19-13-8-16-17(3)9-13/h4-5,8-9,11,15H,6-7,10H2,1-3H3. The van der Waals surface area contributed by atoms with E-state index in [-0.39, 0.29) is 0 Å². The zero-order valence-corrected chi connectivity index (χ0v) is 11.7. The van der Waals surface area contributed by atoms with E-state index in [1.165, 1.54) is 0 Å². The predicted molar refractivity (Wildman–Crippen MR) is 72.8 cm³/mol. The van der Waals surface area contributed by atoms with Gasteiger partial charge in [0.15, 0.2) is 5.75 Å². The summed E-state index contributed by atoms with van der Waals surface area (Å²) in [7, 11) is 1.86.